The number of thiazole rings is 1. The number of nitrogens with zero attached hydrogens (tertiary/aromatic N) is 1. The molecule has 0 atom stereocenters. The van der Waals surface area contributed by atoms with Gasteiger partial charge in [-0.05, 0) is 36.1 Å². The van der Waals surface area contributed by atoms with E-state index < -0.39 is 9.84 Å². The molecule has 0 saturated carbocycles. The van der Waals surface area contributed by atoms with E-state index in [1.807, 2.05) is 24.5 Å². The number of thioether (sulfide) groups is 1. The van der Waals surface area contributed by atoms with E-state index in [1.54, 1.807) is 43.0 Å². The molecule has 0 bridgehead atoms. The van der Waals surface area contributed by atoms with E-state index in [2.05, 4.69) is 10.3 Å². The molecule has 5 nitrogen and oxygen atoms in total. The Morgan fingerprint density at radius 3 is 2.58 bits per heavy atom. The molecule has 26 heavy (non-hydrogen) atoms. The Morgan fingerprint density at radius 2 is 1.92 bits per heavy atom. The van der Waals surface area contributed by atoms with Gasteiger partial charge in [-0.2, -0.15) is 0 Å². The molecule has 0 unspecified atom stereocenters. The van der Waals surface area contributed by atoms with Crippen molar-refractivity contribution in [3.8, 4) is 0 Å². The van der Waals surface area contributed by atoms with Crippen LogP contribution in [0.2, 0.25) is 0 Å². The average Bonchev–Trinajstić information content (AvgIpc) is 3.04. The number of anilines is 1. The molecule has 1 amide bonds. The number of hydrogen-bond acceptors (Lipinski definition) is 6. The zero-order valence-corrected chi connectivity index (χ0v) is 16.8. The van der Waals surface area contributed by atoms with E-state index in [9.17, 15) is 13.2 Å². The Morgan fingerprint density at radius 1 is 1.19 bits per heavy atom. The third-order valence-corrected chi connectivity index (χ3v) is 7.33. The highest BCUT2D eigenvalue weighted by molar-refractivity contribution is 7.98. The Hall–Kier alpha value is -1.90. The monoisotopic (exact) mass is 406 g/mol. The average molecular weight is 407 g/mol. The van der Waals surface area contributed by atoms with Crippen LogP contribution in [0.25, 0.3) is 10.2 Å². The number of carbonyl (C=O) groups is 1. The lowest BCUT2D eigenvalue weighted by molar-refractivity contribution is -0.115. The largest absolute Gasteiger partial charge is 0.302 e. The minimum absolute atomic E-state index is 0.0580. The standard InChI is InChI=1S/C18H18N2O3S3/c1-3-26(22,23)13-9-7-12(8-10-13)11-16(21)19-18-20-17-14(24-2)5-4-6-15(17)25-18/h4-10H,3,11H2,1-2H3,(H,19,20,21). The Balaban J connectivity index is 1.71. The third kappa shape index (κ3) is 4.08. The Bertz CT molecular complexity index is 1040. The molecule has 0 saturated heterocycles. The molecule has 3 rings (SSSR count). The van der Waals surface area contributed by atoms with Crippen LogP contribution >= 0.6 is 23.1 Å². The maximum absolute atomic E-state index is 12.3. The van der Waals surface area contributed by atoms with Crippen molar-refractivity contribution in [3.63, 3.8) is 0 Å². The van der Waals surface area contributed by atoms with Crippen molar-refractivity contribution in [2.75, 3.05) is 17.3 Å². The molecule has 136 valence electrons. The van der Waals surface area contributed by atoms with Gasteiger partial charge in [0, 0.05) is 4.90 Å². The fraction of sp³-hybridized carbons (Fsp3) is 0.222. The second-order valence-corrected chi connectivity index (χ2v) is 9.76. The van der Waals surface area contributed by atoms with Crippen molar-refractivity contribution < 1.29 is 13.2 Å². The molecule has 8 heteroatoms. The van der Waals surface area contributed by atoms with Crippen LogP contribution in [0.3, 0.4) is 0 Å². The van der Waals surface area contributed by atoms with Gasteiger partial charge in [-0.15, -0.1) is 11.8 Å². The van der Waals surface area contributed by atoms with Crippen LogP contribution in [0, 0.1) is 0 Å². The van der Waals surface area contributed by atoms with Crippen LogP contribution in [0.15, 0.2) is 52.3 Å². The first-order valence-electron chi connectivity index (χ1n) is 7.98. The lowest BCUT2D eigenvalue weighted by Gasteiger charge is -2.04. The fourth-order valence-corrected chi connectivity index (χ4v) is 4.89. The van der Waals surface area contributed by atoms with Crippen molar-refractivity contribution in [1.82, 2.24) is 4.98 Å². The Kier molecular flexibility index (Phi) is 5.64. The van der Waals surface area contributed by atoms with Gasteiger partial charge in [0.1, 0.15) is 0 Å². The van der Waals surface area contributed by atoms with Crippen LogP contribution in [0.4, 0.5) is 5.13 Å². The number of hydrogen-bond donors (Lipinski definition) is 1. The van der Waals surface area contributed by atoms with Gasteiger partial charge in [0.25, 0.3) is 0 Å². The van der Waals surface area contributed by atoms with Crippen molar-refractivity contribution in [2.24, 2.45) is 0 Å². The van der Waals surface area contributed by atoms with Crippen LogP contribution in [-0.2, 0) is 21.1 Å². The van der Waals surface area contributed by atoms with Gasteiger partial charge in [-0.3, -0.25) is 4.79 Å². The quantitative estimate of drug-likeness (QED) is 0.626. The van der Waals surface area contributed by atoms with Gasteiger partial charge in [0.15, 0.2) is 15.0 Å². The second kappa shape index (κ2) is 7.77. The molecular weight excluding hydrogens is 388 g/mol. The number of sulfone groups is 1. The molecule has 1 heterocycles. The summed E-state index contributed by atoms with van der Waals surface area (Å²) in [6.45, 7) is 1.61. The molecule has 1 aromatic heterocycles. The van der Waals surface area contributed by atoms with Gasteiger partial charge in [0.05, 0.1) is 27.3 Å². The number of amides is 1. The number of benzene rings is 2. The second-order valence-electron chi connectivity index (χ2n) is 5.60. The molecule has 1 N–H and O–H groups in total. The molecule has 2 aromatic carbocycles. The minimum Gasteiger partial charge on any atom is -0.302 e. The summed E-state index contributed by atoms with van der Waals surface area (Å²) in [4.78, 5) is 18.1. The maximum atomic E-state index is 12.3. The number of rotatable bonds is 6. The third-order valence-electron chi connectivity index (χ3n) is 3.88. The summed E-state index contributed by atoms with van der Waals surface area (Å²) in [6.07, 6.45) is 2.16. The van der Waals surface area contributed by atoms with Crippen molar-refractivity contribution in [2.45, 2.75) is 23.1 Å². The molecule has 0 aliphatic heterocycles. The van der Waals surface area contributed by atoms with Gasteiger partial charge >= 0.3 is 0 Å². The van der Waals surface area contributed by atoms with E-state index in [0.29, 0.717) is 5.13 Å². The highest BCUT2D eigenvalue weighted by atomic mass is 32.2. The summed E-state index contributed by atoms with van der Waals surface area (Å²) in [6, 6.07) is 12.4. The van der Waals surface area contributed by atoms with E-state index in [1.165, 1.54) is 11.3 Å². The molecule has 0 spiro atoms. The number of carbonyl (C=O) groups excluding carboxylic acids is 1. The normalized spacial score (nSPS) is 11.6. The minimum atomic E-state index is -3.22. The highest BCUT2D eigenvalue weighted by Crippen LogP contribution is 2.32. The summed E-state index contributed by atoms with van der Waals surface area (Å²) in [7, 11) is -3.22. The summed E-state index contributed by atoms with van der Waals surface area (Å²) in [5, 5.41) is 3.39. The number of aromatic nitrogens is 1. The van der Waals surface area contributed by atoms with E-state index >= 15 is 0 Å². The summed E-state index contributed by atoms with van der Waals surface area (Å²) < 4.78 is 24.7. The molecular formula is C18H18N2O3S3. The summed E-state index contributed by atoms with van der Waals surface area (Å²) in [5.74, 6) is -0.122. The van der Waals surface area contributed by atoms with Crippen molar-refractivity contribution in [3.05, 3.63) is 48.0 Å². The van der Waals surface area contributed by atoms with Crippen molar-refractivity contribution in [1.29, 1.82) is 0 Å². The molecule has 0 aliphatic carbocycles. The predicted molar refractivity (Wildman–Crippen MR) is 108 cm³/mol. The zero-order valence-electron chi connectivity index (χ0n) is 14.4. The van der Waals surface area contributed by atoms with Gasteiger partial charge in [0.2, 0.25) is 5.91 Å². The predicted octanol–water partition coefficient (Wildman–Crippen LogP) is 3.99. The zero-order chi connectivity index (χ0) is 18.7. The van der Waals surface area contributed by atoms with Crippen LogP contribution < -0.4 is 5.32 Å². The SMILES string of the molecule is CCS(=O)(=O)c1ccc(CC(=O)Nc2nc3c(SC)cccc3s2)cc1. The lowest BCUT2D eigenvalue weighted by atomic mass is 10.1. The lowest BCUT2D eigenvalue weighted by Crippen LogP contribution is -2.14. The molecule has 0 fully saturated rings. The first-order chi connectivity index (χ1) is 12.4. The topological polar surface area (TPSA) is 76.1 Å². The van der Waals surface area contributed by atoms with Gasteiger partial charge in [-0.1, -0.05) is 36.5 Å². The number of nitrogens with one attached hydrogen (secondary N) is 1. The van der Waals surface area contributed by atoms with E-state index in [0.717, 1.165) is 20.7 Å². The molecule has 0 radical (unpaired) electrons. The van der Waals surface area contributed by atoms with Crippen LogP contribution in [0.1, 0.15) is 12.5 Å². The number of fused-ring (bicyclic) bond motifs is 1. The van der Waals surface area contributed by atoms with Crippen LogP contribution in [0.5, 0.6) is 0 Å². The fourth-order valence-electron chi connectivity index (χ4n) is 2.47. The number of para-hydroxylation sites is 1. The van der Waals surface area contributed by atoms with Gasteiger partial charge in [-0.25, -0.2) is 13.4 Å². The van der Waals surface area contributed by atoms with Gasteiger partial charge < -0.3 is 5.32 Å². The van der Waals surface area contributed by atoms with Crippen molar-refractivity contribution >= 4 is 54.2 Å². The smallest absolute Gasteiger partial charge is 0.230 e. The Labute approximate surface area is 160 Å². The maximum Gasteiger partial charge on any atom is 0.230 e. The van der Waals surface area contributed by atoms with E-state index in [4.69, 9.17) is 0 Å². The highest BCUT2D eigenvalue weighted by Gasteiger charge is 2.13. The molecule has 3 aromatic rings. The summed E-state index contributed by atoms with van der Waals surface area (Å²) in [5.41, 5.74) is 1.65. The first-order valence-corrected chi connectivity index (χ1v) is 11.7. The summed E-state index contributed by atoms with van der Waals surface area (Å²) >= 11 is 3.06. The molecule has 0 aliphatic rings. The first kappa shape index (κ1) is 18.9. The van der Waals surface area contributed by atoms with Crippen LogP contribution in [-0.4, -0.2) is 31.3 Å². The van der Waals surface area contributed by atoms with E-state index in [-0.39, 0.29) is 23.0 Å².